The number of carbonyl (C=O) groups excluding carboxylic acids is 1. The maximum atomic E-state index is 11.3. The minimum absolute atomic E-state index is 0.187. The van der Waals surface area contributed by atoms with E-state index < -0.39 is 0 Å². The van der Waals surface area contributed by atoms with Crippen molar-refractivity contribution in [2.75, 3.05) is 13.2 Å². The van der Waals surface area contributed by atoms with Crippen LogP contribution in [0.25, 0.3) is 0 Å². The Bertz CT molecular complexity index is 336. The number of ether oxygens (including phenoxy) is 1. The van der Waals surface area contributed by atoms with E-state index in [1.165, 1.54) is 0 Å². The van der Waals surface area contributed by atoms with Crippen LogP contribution in [0.2, 0.25) is 0 Å². The zero-order valence-electron chi connectivity index (χ0n) is 9.11. The summed E-state index contributed by atoms with van der Waals surface area (Å²) in [7, 11) is 0. The molecule has 1 radical (unpaired) electrons. The molecule has 0 atom stereocenters. The second-order valence-electron chi connectivity index (χ2n) is 3.86. The number of carbonyl (C=O) groups is 1. The zero-order valence-corrected chi connectivity index (χ0v) is 9.11. The van der Waals surface area contributed by atoms with Crippen molar-refractivity contribution in [3.05, 3.63) is 24.4 Å². The van der Waals surface area contributed by atoms with Crippen molar-refractivity contribution >= 4 is 5.91 Å². The first-order chi connectivity index (χ1) is 7.86. The van der Waals surface area contributed by atoms with Gasteiger partial charge in [0.15, 0.2) is 0 Å². The molecule has 1 aromatic heterocycles. The summed E-state index contributed by atoms with van der Waals surface area (Å²) >= 11 is 0. The Morgan fingerprint density at radius 3 is 3.19 bits per heavy atom. The Morgan fingerprint density at radius 2 is 2.50 bits per heavy atom. The summed E-state index contributed by atoms with van der Waals surface area (Å²) < 4.78 is 5.38. The van der Waals surface area contributed by atoms with E-state index in [9.17, 15) is 4.79 Å². The summed E-state index contributed by atoms with van der Waals surface area (Å²) in [6.45, 7) is 1.25. The molecule has 1 amide bonds. The summed E-state index contributed by atoms with van der Waals surface area (Å²) in [5.41, 5.74) is 0. The highest BCUT2D eigenvalue weighted by Gasteiger charge is 2.28. The van der Waals surface area contributed by atoms with Gasteiger partial charge in [0.25, 0.3) is 0 Å². The van der Waals surface area contributed by atoms with Gasteiger partial charge < -0.3 is 10.1 Å². The van der Waals surface area contributed by atoms with Gasteiger partial charge in [-0.15, -0.1) is 0 Å². The Balaban J connectivity index is 1.53. The van der Waals surface area contributed by atoms with Crippen LogP contribution in [0.3, 0.4) is 0 Å². The molecule has 4 heteroatoms. The molecule has 0 aromatic carbocycles. The number of nitrogens with zero attached hydrogens (tertiary/aromatic N) is 1. The van der Waals surface area contributed by atoms with Crippen LogP contribution in [0.5, 0.6) is 5.88 Å². The SMILES string of the molecule is O=C(NCCCOc1cc[c]cn1)C1CC1. The lowest BCUT2D eigenvalue weighted by molar-refractivity contribution is -0.122. The predicted molar refractivity (Wildman–Crippen MR) is 58.9 cm³/mol. The highest BCUT2D eigenvalue weighted by molar-refractivity contribution is 5.80. The van der Waals surface area contributed by atoms with E-state index in [1.807, 2.05) is 0 Å². The molecule has 1 aliphatic rings. The van der Waals surface area contributed by atoms with Crippen molar-refractivity contribution in [1.29, 1.82) is 0 Å². The topological polar surface area (TPSA) is 51.2 Å². The second-order valence-corrected chi connectivity index (χ2v) is 3.86. The summed E-state index contributed by atoms with van der Waals surface area (Å²) in [6.07, 6.45) is 4.47. The van der Waals surface area contributed by atoms with Gasteiger partial charge in [-0.2, -0.15) is 0 Å². The molecule has 4 nitrogen and oxygen atoms in total. The highest BCUT2D eigenvalue weighted by Crippen LogP contribution is 2.28. The molecule has 1 fully saturated rings. The minimum atomic E-state index is 0.187. The van der Waals surface area contributed by atoms with Gasteiger partial charge in [-0.3, -0.25) is 4.79 Å². The van der Waals surface area contributed by atoms with E-state index >= 15 is 0 Å². The summed E-state index contributed by atoms with van der Waals surface area (Å²) in [5, 5.41) is 2.89. The van der Waals surface area contributed by atoms with Crippen LogP contribution in [0, 0.1) is 12.0 Å². The fourth-order valence-electron chi connectivity index (χ4n) is 1.34. The molecule has 0 unspecified atom stereocenters. The normalized spacial score (nSPS) is 14.5. The van der Waals surface area contributed by atoms with E-state index in [2.05, 4.69) is 16.4 Å². The van der Waals surface area contributed by atoms with Crippen molar-refractivity contribution in [2.45, 2.75) is 19.3 Å². The van der Waals surface area contributed by atoms with Crippen LogP contribution >= 0.6 is 0 Å². The molecule has 1 saturated carbocycles. The van der Waals surface area contributed by atoms with Gasteiger partial charge in [-0.05, 0) is 25.3 Å². The van der Waals surface area contributed by atoms with Gasteiger partial charge in [0.05, 0.1) is 6.61 Å². The molecule has 0 saturated heterocycles. The van der Waals surface area contributed by atoms with Gasteiger partial charge in [-0.25, -0.2) is 4.98 Å². The number of rotatable bonds is 6. The number of aromatic nitrogens is 1. The molecule has 1 N–H and O–H groups in total. The number of nitrogens with one attached hydrogen (secondary N) is 1. The van der Waals surface area contributed by atoms with Crippen molar-refractivity contribution in [2.24, 2.45) is 5.92 Å². The van der Waals surface area contributed by atoms with E-state index in [1.54, 1.807) is 18.3 Å². The molecule has 1 heterocycles. The Morgan fingerprint density at radius 1 is 1.62 bits per heavy atom. The zero-order chi connectivity index (χ0) is 11.2. The van der Waals surface area contributed by atoms with Crippen LogP contribution in [0.4, 0.5) is 0 Å². The van der Waals surface area contributed by atoms with Crippen molar-refractivity contribution in [1.82, 2.24) is 10.3 Å². The summed E-state index contributed by atoms with van der Waals surface area (Å²) in [6, 6.07) is 6.35. The fraction of sp³-hybridized carbons (Fsp3) is 0.500. The van der Waals surface area contributed by atoms with E-state index in [-0.39, 0.29) is 11.8 Å². The number of hydrogen-bond acceptors (Lipinski definition) is 3. The molecule has 1 aliphatic carbocycles. The van der Waals surface area contributed by atoms with Crippen LogP contribution in [0.15, 0.2) is 18.3 Å². The summed E-state index contributed by atoms with van der Waals surface area (Å²) in [4.78, 5) is 15.3. The van der Waals surface area contributed by atoms with Gasteiger partial charge in [-0.1, -0.05) is 0 Å². The van der Waals surface area contributed by atoms with Gasteiger partial charge in [0, 0.05) is 30.8 Å². The van der Waals surface area contributed by atoms with Gasteiger partial charge in [0.1, 0.15) is 0 Å². The molecular weight excluding hydrogens is 204 g/mol. The highest BCUT2D eigenvalue weighted by atomic mass is 16.5. The molecule has 2 rings (SSSR count). The Labute approximate surface area is 95.0 Å². The Hall–Kier alpha value is -1.58. The van der Waals surface area contributed by atoms with Crippen LogP contribution < -0.4 is 10.1 Å². The smallest absolute Gasteiger partial charge is 0.223 e. The first kappa shape index (κ1) is 10.9. The molecule has 0 bridgehead atoms. The number of amides is 1. The van der Waals surface area contributed by atoms with Crippen LogP contribution in [0.1, 0.15) is 19.3 Å². The molecule has 16 heavy (non-hydrogen) atoms. The maximum Gasteiger partial charge on any atom is 0.223 e. The van der Waals surface area contributed by atoms with Gasteiger partial charge >= 0.3 is 0 Å². The number of hydrogen-bond donors (Lipinski definition) is 1. The quantitative estimate of drug-likeness (QED) is 0.731. The largest absolute Gasteiger partial charge is 0.478 e. The first-order valence-corrected chi connectivity index (χ1v) is 5.59. The van der Waals surface area contributed by atoms with Gasteiger partial charge in [0.2, 0.25) is 11.8 Å². The first-order valence-electron chi connectivity index (χ1n) is 5.59. The lowest BCUT2D eigenvalue weighted by Crippen LogP contribution is -2.26. The standard InChI is InChI=1S/C12H15N2O2/c15-12(10-5-6-10)14-8-3-9-16-11-4-1-2-7-13-11/h1,4,7,10H,3,5-6,8-9H2,(H,14,15). The maximum absolute atomic E-state index is 11.3. The molecule has 0 spiro atoms. The monoisotopic (exact) mass is 219 g/mol. The Kier molecular flexibility index (Phi) is 3.75. The third kappa shape index (κ3) is 3.53. The average molecular weight is 219 g/mol. The molecule has 0 aliphatic heterocycles. The molecular formula is C12H15N2O2. The molecule has 85 valence electrons. The fourth-order valence-corrected chi connectivity index (χ4v) is 1.34. The van der Waals surface area contributed by atoms with E-state index in [4.69, 9.17) is 4.74 Å². The minimum Gasteiger partial charge on any atom is -0.478 e. The lowest BCUT2D eigenvalue weighted by atomic mass is 10.3. The van der Waals surface area contributed by atoms with Crippen molar-refractivity contribution in [3.63, 3.8) is 0 Å². The predicted octanol–water partition coefficient (Wildman–Crippen LogP) is 1.18. The lowest BCUT2D eigenvalue weighted by Gasteiger charge is -2.05. The third-order valence-electron chi connectivity index (χ3n) is 2.41. The van der Waals surface area contributed by atoms with E-state index in [0.29, 0.717) is 19.0 Å². The summed E-state index contributed by atoms with van der Waals surface area (Å²) in [5.74, 6) is 1.08. The van der Waals surface area contributed by atoms with Crippen molar-refractivity contribution < 1.29 is 9.53 Å². The average Bonchev–Trinajstić information content (AvgIpc) is 3.13. The van der Waals surface area contributed by atoms with Crippen LogP contribution in [-0.4, -0.2) is 24.0 Å². The van der Waals surface area contributed by atoms with Crippen LogP contribution in [-0.2, 0) is 4.79 Å². The molecule has 1 aromatic rings. The van der Waals surface area contributed by atoms with Crippen molar-refractivity contribution in [3.8, 4) is 5.88 Å². The van der Waals surface area contributed by atoms with E-state index in [0.717, 1.165) is 19.3 Å². The second kappa shape index (κ2) is 5.49. The number of pyridine rings is 1. The third-order valence-corrected chi connectivity index (χ3v) is 2.41.